The second-order valence-corrected chi connectivity index (χ2v) is 6.80. The van der Waals surface area contributed by atoms with Crippen molar-refractivity contribution in [2.75, 3.05) is 44.1 Å². The molecule has 8 heteroatoms. The van der Waals surface area contributed by atoms with Gasteiger partial charge in [0.15, 0.2) is 0 Å². The van der Waals surface area contributed by atoms with Crippen molar-refractivity contribution in [1.82, 2.24) is 19.9 Å². The van der Waals surface area contributed by atoms with Crippen molar-refractivity contribution in [1.29, 1.82) is 0 Å². The summed E-state index contributed by atoms with van der Waals surface area (Å²) in [5, 5.41) is 3.03. The maximum atomic E-state index is 12.3. The van der Waals surface area contributed by atoms with Crippen LogP contribution < -0.4 is 15.1 Å². The molecule has 2 atom stereocenters. The van der Waals surface area contributed by atoms with Crippen LogP contribution in [0.2, 0.25) is 0 Å². The molecular formula is C18H26N6O2. The second kappa shape index (κ2) is 7.74. The van der Waals surface area contributed by atoms with Crippen molar-refractivity contribution in [3.05, 3.63) is 36.4 Å². The van der Waals surface area contributed by atoms with E-state index in [4.69, 9.17) is 4.74 Å². The molecule has 0 saturated carbocycles. The molecule has 3 heterocycles. The number of carbonyl (C=O) groups is 1. The van der Waals surface area contributed by atoms with Gasteiger partial charge in [0.1, 0.15) is 18.0 Å². The first-order chi connectivity index (χ1) is 12.5. The molecule has 0 unspecified atom stereocenters. The van der Waals surface area contributed by atoms with Gasteiger partial charge in [0.25, 0.3) is 5.91 Å². The molecule has 0 radical (unpaired) electrons. The van der Waals surface area contributed by atoms with Crippen LogP contribution in [0, 0.1) is 0 Å². The van der Waals surface area contributed by atoms with E-state index in [9.17, 15) is 4.79 Å². The number of methoxy groups -OCH3 is 1. The molecule has 0 aromatic carbocycles. The highest BCUT2D eigenvalue weighted by molar-refractivity contribution is 5.94. The van der Waals surface area contributed by atoms with E-state index in [0.29, 0.717) is 12.1 Å². The molecule has 0 aliphatic carbocycles. The first kappa shape index (κ1) is 18.2. The predicted octanol–water partition coefficient (Wildman–Crippen LogP) is 0.905. The van der Waals surface area contributed by atoms with Gasteiger partial charge < -0.3 is 24.4 Å². The summed E-state index contributed by atoms with van der Waals surface area (Å²) in [4.78, 5) is 25.2. The van der Waals surface area contributed by atoms with Gasteiger partial charge in [-0.15, -0.1) is 0 Å². The maximum absolute atomic E-state index is 12.3. The SMILES string of the molecule is CO[C@@H]1C[C@H](CNC(=O)c2ccn(C)c2)N(c2cc(N(C)C)ncn2)C1. The molecule has 0 spiro atoms. The average molecular weight is 358 g/mol. The molecule has 1 N–H and O–H groups in total. The number of hydrogen-bond acceptors (Lipinski definition) is 6. The van der Waals surface area contributed by atoms with Crippen LogP contribution in [0.3, 0.4) is 0 Å². The Hall–Kier alpha value is -2.61. The standard InChI is InChI=1S/C18H26N6O2/c1-22(2)16-8-17(21-12-20-16)24-11-15(26-4)7-14(24)9-19-18(25)13-5-6-23(3)10-13/h5-6,8,10,12,14-15H,7,9,11H2,1-4H3,(H,19,25)/t14-,15-/m1/s1. The summed E-state index contributed by atoms with van der Waals surface area (Å²) in [6, 6.07) is 3.90. The number of amides is 1. The van der Waals surface area contributed by atoms with Gasteiger partial charge >= 0.3 is 0 Å². The van der Waals surface area contributed by atoms with Crippen LogP contribution in [0.1, 0.15) is 16.8 Å². The number of aromatic nitrogens is 3. The van der Waals surface area contributed by atoms with Gasteiger partial charge in [-0.1, -0.05) is 0 Å². The molecule has 1 saturated heterocycles. The molecule has 0 bridgehead atoms. The van der Waals surface area contributed by atoms with E-state index in [1.807, 2.05) is 55.1 Å². The molecular weight excluding hydrogens is 332 g/mol. The summed E-state index contributed by atoms with van der Waals surface area (Å²) >= 11 is 0. The topological polar surface area (TPSA) is 75.5 Å². The normalized spacial score (nSPS) is 19.6. The van der Waals surface area contributed by atoms with E-state index in [0.717, 1.165) is 24.6 Å². The largest absolute Gasteiger partial charge is 0.380 e. The number of nitrogens with one attached hydrogen (secondary N) is 1. The predicted molar refractivity (Wildman–Crippen MR) is 101 cm³/mol. The zero-order valence-electron chi connectivity index (χ0n) is 15.7. The second-order valence-electron chi connectivity index (χ2n) is 6.80. The number of nitrogens with zero attached hydrogens (tertiary/aromatic N) is 5. The van der Waals surface area contributed by atoms with E-state index in [-0.39, 0.29) is 18.1 Å². The van der Waals surface area contributed by atoms with Gasteiger partial charge in [0.2, 0.25) is 0 Å². The fourth-order valence-electron chi connectivity index (χ4n) is 3.21. The number of rotatable bonds is 6. The van der Waals surface area contributed by atoms with Gasteiger partial charge in [-0.05, 0) is 12.5 Å². The number of ether oxygens (including phenoxy) is 1. The summed E-state index contributed by atoms with van der Waals surface area (Å²) in [7, 11) is 7.52. The van der Waals surface area contributed by atoms with Crippen LogP contribution in [0.4, 0.5) is 11.6 Å². The van der Waals surface area contributed by atoms with Gasteiger partial charge in [-0.3, -0.25) is 4.79 Å². The Bertz CT molecular complexity index is 760. The quantitative estimate of drug-likeness (QED) is 0.827. The van der Waals surface area contributed by atoms with E-state index < -0.39 is 0 Å². The molecule has 2 aromatic heterocycles. The summed E-state index contributed by atoms with van der Waals surface area (Å²) in [6.45, 7) is 1.28. The van der Waals surface area contributed by atoms with Gasteiger partial charge in [0, 0.05) is 59.8 Å². The fraction of sp³-hybridized carbons (Fsp3) is 0.500. The lowest BCUT2D eigenvalue weighted by molar-refractivity contribution is 0.0946. The number of carbonyl (C=O) groups excluding carboxylic acids is 1. The van der Waals surface area contributed by atoms with Crippen LogP contribution in [0.25, 0.3) is 0 Å². The van der Waals surface area contributed by atoms with E-state index in [1.165, 1.54) is 0 Å². The van der Waals surface area contributed by atoms with Gasteiger partial charge in [0.05, 0.1) is 17.7 Å². The van der Waals surface area contributed by atoms with E-state index >= 15 is 0 Å². The Morgan fingerprint density at radius 3 is 2.88 bits per heavy atom. The minimum atomic E-state index is -0.0666. The molecule has 1 amide bonds. The molecule has 2 aromatic rings. The highest BCUT2D eigenvalue weighted by Crippen LogP contribution is 2.26. The summed E-state index contributed by atoms with van der Waals surface area (Å²) < 4.78 is 7.42. The Labute approximate surface area is 153 Å². The Morgan fingerprint density at radius 1 is 1.42 bits per heavy atom. The Balaban J connectivity index is 1.71. The van der Waals surface area contributed by atoms with Crippen molar-refractivity contribution in [3.8, 4) is 0 Å². The summed E-state index contributed by atoms with van der Waals surface area (Å²) in [5.74, 6) is 1.63. The van der Waals surface area contributed by atoms with Crippen molar-refractivity contribution >= 4 is 17.5 Å². The van der Waals surface area contributed by atoms with Crippen LogP contribution in [0.15, 0.2) is 30.9 Å². The highest BCUT2D eigenvalue weighted by atomic mass is 16.5. The minimum Gasteiger partial charge on any atom is -0.380 e. The minimum absolute atomic E-state index is 0.0666. The highest BCUT2D eigenvalue weighted by Gasteiger charge is 2.33. The molecule has 3 rings (SSSR count). The van der Waals surface area contributed by atoms with Crippen LogP contribution >= 0.6 is 0 Å². The molecule has 1 aliphatic rings. The summed E-state index contributed by atoms with van der Waals surface area (Å²) in [5.41, 5.74) is 0.664. The maximum Gasteiger partial charge on any atom is 0.252 e. The zero-order chi connectivity index (χ0) is 18.7. The first-order valence-electron chi connectivity index (χ1n) is 8.67. The third-order valence-electron chi connectivity index (χ3n) is 4.69. The third kappa shape index (κ3) is 3.96. The van der Waals surface area contributed by atoms with E-state index in [1.54, 1.807) is 13.4 Å². The monoisotopic (exact) mass is 358 g/mol. The lowest BCUT2D eigenvalue weighted by atomic mass is 10.2. The van der Waals surface area contributed by atoms with Crippen molar-refractivity contribution in [3.63, 3.8) is 0 Å². The first-order valence-corrected chi connectivity index (χ1v) is 8.67. The lowest BCUT2D eigenvalue weighted by Gasteiger charge is -2.26. The number of hydrogen-bond donors (Lipinski definition) is 1. The summed E-state index contributed by atoms with van der Waals surface area (Å²) in [6.07, 6.45) is 6.21. The van der Waals surface area contributed by atoms with Crippen LogP contribution in [-0.2, 0) is 11.8 Å². The number of aryl methyl sites for hydroxylation is 1. The van der Waals surface area contributed by atoms with Crippen molar-refractivity contribution < 1.29 is 9.53 Å². The average Bonchev–Trinajstić information content (AvgIpc) is 3.26. The molecule has 140 valence electrons. The van der Waals surface area contributed by atoms with Gasteiger partial charge in [-0.25, -0.2) is 9.97 Å². The van der Waals surface area contributed by atoms with Crippen molar-refractivity contribution in [2.24, 2.45) is 7.05 Å². The van der Waals surface area contributed by atoms with E-state index in [2.05, 4.69) is 20.2 Å². The fourth-order valence-corrected chi connectivity index (χ4v) is 3.21. The van der Waals surface area contributed by atoms with Gasteiger partial charge in [-0.2, -0.15) is 0 Å². The van der Waals surface area contributed by atoms with Crippen LogP contribution in [0.5, 0.6) is 0 Å². The molecule has 26 heavy (non-hydrogen) atoms. The van der Waals surface area contributed by atoms with Crippen molar-refractivity contribution in [2.45, 2.75) is 18.6 Å². The molecule has 8 nitrogen and oxygen atoms in total. The molecule has 1 aliphatic heterocycles. The third-order valence-corrected chi connectivity index (χ3v) is 4.69. The molecule has 1 fully saturated rings. The lowest BCUT2D eigenvalue weighted by Crippen LogP contribution is -2.40. The number of anilines is 2. The Morgan fingerprint density at radius 2 is 2.23 bits per heavy atom. The Kier molecular flexibility index (Phi) is 5.41. The van der Waals surface area contributed by atoms with Crippen LogP contribution in [-0.4, -0.2) is 66.9 Å². The smallest absolute Gasteiger partial charge is 0.252 e. The zero-order valence-corrected chi connectivity index (χ0v) is 15.7.